The Labute approximate surface area is 159 Å². The van der Waals surface area contributed by atoms with Crippen LogP contribution in [0.15, 0.2) is 66.7 Å². The van der Waals surface area contributed by atoms with Crippen LogP contribution in [0, 0.1) is 11.8 Å². The first-order valence-corrected chi connectivity index (χ1v) is 10.6. The molecule has 2 bridgehead atoms. The second kappa shape index (κ2) is 6.71. The fourth-order valence-corrected chi connectivity index (χ4v) is 6.68. The molecule has 5 rings (SSSR count). The van der Waals surface area contributed by atoms with Crippen molar-refractivity contribution < 1.29 is 4.79 Å². The molecule has 0 radical (unpaired) electrons. The first kappa shape index (κ1) is 16.3. The van der Waals surface area contributed by atoms with E-state index in [4.69, 9.17) is 0 Å². The Balaban J connectivity index is 1.47. The van der Waals surface area contributed by atoms with Crippen molar-refractivity contribution >= 4 is 23.6 Å². The van der Waals surface area contributed by atoms with Crippen LogP contribution in [0.1, 0.15) is 29.3 Å². The molecule has 1 saturated carbocycles. The minimum atomic E-state index is 0.176. The minimum absolute atomic E-state index is 0.176. The summed E-state index contributed by atoms with van der Waals surface area (Å²) in [6.07, 6.45) is 6.30. The Morgan fingerprint density at radius 3 is 2.46 bits per heavy atom. The monoisotopic (exact) mass is 361 g/mol. The van der Waals surface area contributed by atoms with E-state index in [1.807, 2.05) is 17.8 Å². The van der Waals surface area contributed by atoms with Gasteiger partial charge < -0.3 is 0 Å². The van der Waals surface area contributed by atoms with E-state index in [2.05, 4.69) is 71.6 Å². The molecule has 2 aromatic carbocycles. The van der Waals surface area contributed by atoms with Gasteiger partial charge in [0.2, 0.25) is 0 Å². The molecule has 26 heavy (non-hydrogen) atoms. The zero-order chi connectivity index (χ0) is 17.5. The van der Waals surface area contributed by atoms with Crippen LogP contribution in [0.3, 0.4) is 0 Å². The highest BCUT2D eigenvalue weighted by atomic mass is 32.2. The Morgan fingerprint density at radius 1 is 0.962 bits per heavy atom. The topological polar surface area (TPSA) is 20.3 Å². The number of Topliss-reactive ketones (excluding diaryl/α,β-unsaturated/α-hetero) is 1. The van der Waals surface area contributed by atoms with Crippen LogP contribution in [-0.4, -0.2) is 28.5 Å². The van der Waals surface area contributed by atoms with Crippen molar-refractivity contribution in [3.8, 4) is 0 Å². The summed E-state index contributed by atoms with van der Waals surface area (Å²) in [4.78, 5) is 15.5. The fraction of sp³-hybridized carbons (Fsp3) is 0.348. The van der Waals surface area contributed by atoms with E-state index in [9.17, 15) is 4.79 Å². The van der Waals surface area contributed by atoms with Crippen molar-refractivity contribution in [1.82, 2.24) is 4.90 Å². The van der Waals surface area contributed by atoms with Crippen molar-refractivity contribution in [3.05, 3.63) is 77.9 Å². The lowest BCUT2D eigenvalue weighted by Gasteiger charge is -2.32. The van der Waals surface area contributed by atoms with Crippen molar-refractivity contribution in [2.75, 3.05) is 5.75 Å². The molecule has 132 valence electrons. The fourth-order valence-electron chi connectivity index (χ4n) is 5.09. The van der Waals surface area contributed by atoms with Crippen LogP contribution in [0.4, 0.5) is 0 Å². The minimum Gasteiger partial charge on any atom is -0.299 e. The molecule has 2 aliphatic heterocycles. The summed E-state index contributed by atoms with van der Waals surface area (Å²) in [7, 11) is 0. The first-order chi connectivity index (χ1) is 12.8. The van der Waals surface area contributed by atoms with Crippen LogP contribution in [0.2, 0.25) is 0 Å². The average molecular weight is 362 g/mol. The molecular formula is C23H23NOS. The number of ketones is 1. The molecule has 2 heterocycles. The van der Waals surface area contributed by atoms with Crippen molar-refractivity contribution in [1.29, 1.82) is 0 Å². The maximum Gasteiger partial charge on any atom is 0.138 e. The third kappa shape index (κ3) is 2.65. The van der Waals surface area contributed by atoms with Gasteiger partial charge in [-0.3, -0.25) is 9.69 Å². The highest BCUT2D eigenvalue weighted by molar-refractivity contribution is 7.99. The van der Waals surface area contributed by atoms with Gasteiger partial charge in [-0.2, -0.15) is 0 Å². The van der Waals surface area contributed by atoms with E-state index >= 15 is 0 Å². The van der Waals surface area contributed by atoms with Gasteiger partial charge in [0.05, 0.1) is 5.37 Å². The van der Waals surface area contributed by atoms with Crippen LogP contribution in [-0.2, 0) is 4.79 Å². The zero-order valence-electron chi connectivity index (χ0n) is 14.7. The van der Waals surface area contributed by atoms with Crippen LogP contribution in [0.5, 0.6) is 0 Å². The van der Waals surface area contributed by atoms with Gasteiger partial charge in [0.25, 0.3) is 0 Å². The summed E-state index contributed by atoms with van der Waals surface area (Å²) in [5.74, 6) is 2.08. The predicted octanol–water partition coefficient (Wildman–Crippen LogP) is 4.79. The molecule has 3 aliphatic rings. The molecule has 0 N–H and O–H groups in total. The van der Waals surface area contributed by atoms with Crippen LogP contribution >= 0.6 is 11.8 Å². The second-order valence-electron chi connectivity index (χ2n) is 7.56. The number of fused-ring (bicyclic) bond motifs is 5. The van der Waals surface area contributed by atoms with Gasteiger partial charge in [0.15, 0.2) is 0 Å². The van der Waals surface area contributed by atoms with Crippen molar-refractivity contribution in [2.45, 2.75) is 30.3 Å². The zero-order valence-corrected chi connectivity index (χ0v) is 15.5. The third-order valence-electron chi connectivity index (χ3n) is 6.19. The number of carbonyl (C=O) groups is 1. The maximum absolute atomic E-state index is 12.8. The summed E-state index contributed by atoms with van der Waals surface area (Å²) in [6, 6.07) is 22.1. The summed E-state index contributed by atoms with van der Waals surface area (Å²) >= 11 is 2.01. The van der Waals surface area contributed by atoms with Gasteiger partial charge in [-0.05, 0) is 17.5 Å². The maximum atomic E-state index is 12.8. The molecule has 2 unspecified atom stereocenters. The number of hydrogen-bond donors (Lipinski definition) is 0. The number of hydrogen-bond acceptors (Lipinski definition) is 3. The number of rotatable bonds is 3. The summed E-state index contributed by atoms with van der Waals surface area (Å²) < 4.78 is 0. The molecule has 0 amide bonds. The van der Waals surface area contributed by atoms with Crippen molar-refractivity contribution in [3.63, 3.8) is 0 Å². The van der Waals surface area contributed by atoms with Crippen LogP contribution in [0.25, 0.3) is 6.08 Å². The Morgan fingerprint density at radius 2 is 1.69 bits per heavy atom. The smallest absolute Gasteiger partial charge is 0.138 e. The van der Waals surface area contributed by atoms with Crippen LogP contribution < -0.4 is 0 Å². The molecule has 3 fully saturated rings. The summed E-state index contributed by atoms with van der Waals surface area (Å²) in [5, 5.41) is 0.398. The highest BCUT2D eigenvalue weighted by Gasteiger charge is 2.57. The predicted molar refractivity (Wildman–Crippen MR) is 108 cm³/mol. The standard InChI is InChI=1S/C23H23NOS/c25-21-14-13-19-18(12-11-16-7-3-1-4-8-16)22(21)20-15-26-23(24(19)20)17-9-5-2-6-10-17/h1-12,18-20,22-23H,13-15H2/t18?,19-,20?,22+,23-/m1/s1. The van der Waals surface area contributed by atoms with E-state index in [1.54, 1.807) is 0 Å². The summed E-state index contributed by atoms with van der Waals surface area (Å²) in [5.41, 5.74) is 2.60. The van der Waals surface area contributed by atoms with E-state index < -0.39 is 0 Å². The third-order valence-corrected chi connectivity index (χ3v) is 7.55. The molecule has 2 saturated heterocycles. The van der Waals surface area contributed by atoms with E-state index in [1.165, 1.54) is 11.1 Å². The molecule has 1 aliphatic carbocycles. The largest absolute Gasteiger partial charge is 0.299 e. The normalized spacial score (nSPS) is 33.7. The van der Waals surface area contributed by atoms with Crippen molar-refractivity contribution in [2.24, 2.45) is 11.8 Å². The number of nitrogens with zero attached hydrogens (tertiary/aromatic N) is 1. The second-order valence-corrected chi connectivity index (χ2v) is 8.67. The number of carbonyl (C=O) groups excluding carboxylic acids is 1. The molecule has 2 nitrogen and oxygen atoms in total. The molecule has 2 aromatic rings. The quantitative estimate of drug-likeness (QED) is 0.784. The average Bonchev–Trinajstić information content (AvgIpc) is 3.20. The van der Waals surface area contributed by atoms with Gasteiger partial charge >= 0.3 is 0 Å². The molecular weight excluding hydrogens is 338 g/mol. The molecule has 5 atom stereocenters. The molecule has 0 aromatic heterocycles. The first-order valence-electron chi connectivity index (χ1n) is 9.53. The SMILES string of the molecule is O=C1CC[C@@H]2C(C=Cc3ccccc3)[C@H]1C1CS[C@H](c3ccccc3)N12. The number of benzene rings is 2. The summed E-state index contributed by atoms with van der Waals surface area (Å²) in [6.45, 7) is 0. The van der Waals surface area contributed by atoms with Gasteiger partial charge in [-0.25, -0.2) is 0 Å². The van der Waals surface area contributed by atoms with Gasteiger partial charge in [-0.15, -0.1) is 11.8 Å². The highest BCUT2D eigenvalue weighted by Crippen LogP contribution is 2.55. The lowest BCUT2D eigenvalue weighted by atomic mass is 9.76. The Hall–Kier alpha value is -1.84. The van der Waals surface area contributed by atoms with E-state index in [-0.39, 0.29) is 5.92 Å². The van der Waals surface area contributed by atoms with E-state index in [0.717, 1.165) is 18.6 Å². The number of thioether (sulfide) groups is 1. The molecule has 0 spiro atoms. The molecule has 3 heteroatoms. The van der Waals surface area contributed by atoms with E-state index in [0.29, 0.717) is 29.2 Å². The van der Waals surface area contributed by atoms with Gasteiger partial charge in [0, 0.05) is 36.1 Å². The Kier molecular flexibility index (Phi) is 4.22. The van der Waals surface area contributed by atoms with Gasteiger partial charge in [0.1, 0.15) is 5.78 Å². The lowest BCUT2D eigenvalue weighted by molar-refractivity contribution is -0.125. The van der Waals surface area contributed by atoms with Gasteiger partial charge in [-0.1, -0.05) is 72.8 Å². The Bertz CT molecular complexity index is 819. The lowest BCUT2D eigenvalue weighted by Crippen LogP contribution is -2.35.